The van der Waals surface area contributed by atoms with E-state index in [1.165, 1.54) is 58.0 Å². The Balaban J connectivity index is 1.69. The van der Waals surface area contributed by atoms with Crippen molar-refractivity contribution in [3.05, 3.63) is 0 Å². The number of hydrogen-bond acceptors (Lipinski definition) is 2. The van der Waals surface area contributed by atoms with E-state index in [4.69, 9.17) is 0 Å². The fourth-order valence-electron chi connectivity index (χ4n) is 4.14. The van der Waals surface area contributed by atoms with Crippen LogP contribution in [0.5, 0.6) is 0 Å². The van der Waals surface area contributed by atoms with Gasteiger partial charge in [0, 0.05) is 12.0 Å². The van der Waals surface area contributed by atoms with Gasteiger partial charge in [0.25, 0.3) is 0 Å². The molecule has 3 rings (SSSR count). The summed E-state index contributed by atoms with van der Waals surface area (Å²) in [5, 5.41) is 10.2. The molecule has 0 spiro atoms. The molecule has 0 radical (unpaired) electrons. The molecule has 0 aromatic rings. The number of nitrogens with zero attached hydrogens (tertiary/aromatic N) is 1. The standard InChI is InChI=1S/C13H23NO/c15-13-10-4-6-11(13)12(7-5-10)14-8-2-1-3-9-14/h10-13,15H,1-9H2/t10-,11+,12-,13-/m0/s1. The highest BCUT2D eigenvalue weighted by Gasteiger charge is 2.45. The molecule has 15 heavy (non-hydrogen) atoms. The Labute approximate surface area is 92.7 Å². The molecule has 3 aliphatic rings. The lowest BCUT2D eigenvalue weighted by Crippen LogP contribution is -2.48. The zero-order valence-electron chi connectivity index (χ0n) is 9.57. The van der Waals surface area contributed by atoms with Gasteiger partial charge in [0.15, 0.2) is 0 Å². The van der Waals surface area contributed by atoms with Gasteiger partial charge in [-0.3, -0.25) is 0 Å². The van der Waals surface area contributed by atoms with Gasteiger partial charge < -0.3 is 10.0 Å². The maximum atomic E-state index is 10.2. The van der Waals surface area contributed by atoms with Gasteiger partial charge in [-0.25, -0.2) is 0 Å². The van der Waals surface area contributed by atoms with Gasteiger partial charge >= 0.3 is 0 Å². The van der Waals surface area contributed by atoms with Crippen molar-refractivity contribution in [1.82, 2.24) is 4.90 Å². The Bertz CT molecular complexity index is 225. The second-order valence-electron chi connectivity index (χ2n) is 5.73. The summed E-state index contributed by atoms with van der Waals surface area (Å²) < 4.78 is 0. The van der Waals surface area contributed by atoms with E-state index < -0.39 is 0 Å². The van der Waals surface area contributed by atoms with Crippen LogP contribution in [0.1, 0.15) is 44.9 Å². The van der Waals surface area contributed by atoms with Gasteiger partial charge in [-0.2, -0.15) is 0 Å². The van der Waals surface area contributed by atoms with E-state index in [-0.39, 0.29) is 6.10 Å². The highest BCUT2D eigenvalue weighted by molar-refractivity contribution is 4.97. The summed E-state index contributed by atoms with van der Waals surface area (Å²) in [5.41, 5.74) is 0. The molecule has 0 aromatic carbocycles. The molecule has 2 saturated carbocycles. The number of rotatable bonds is 1. The second-order valence-corrected chi connectivity index (χ2v) is 5.73. The minimum Gasteiger partial charge on any atom is -0.392 e. The molecule has 0 unspecified atom stereocenters. The molecule has 1 aliphatic heterocycles. The van der Waals surface area contributed by atoms with Crippen molar-refractivity contribution in [3.63, 3.8) is 0 Å². The van der Waals surface area contributed by atoms with Crippen LogP contribution < -0.4 is 0 Å². The van der Waals surface area contributed by atoms with Gasteiger partial charge in [0.2, 0.25) is 0 Å². The van der Waals surface area contributed by atoms with Gasteiger partial charge in [0.1, 0.15) is 0 Å². The molecular formula is C13H23NO. The first-order valence-corrected chi connectivity index (χ1v) is 6.78. The van der Waals surface area contributed by atoms with Gasteiger partial charge in [-0.15, -0.1) is 0 Å². The molecule has 0 amide bonds. The number of likely N-dealkylation sites (tertiary alicyclic amines) is 1. The van der Waals surface area contributed by atoms with Crippen molar-refractivity contribution in [1.29, 1.82) is 0 Å². The Hall–Kier alpha value is -0.0800. The summed E-state index contributed by atoms with van der Waals surface area (Å²) in [6, 6.07) is 0.721. The van der Waals surface area contributed by atoms with E-state index >= 15 is 0 Å². The molecule has 1 N–H and O–H groups in total. The Morgan fingerprint density at radius 1 is 0.867 bits per heavy atom. The van der Waals surface area contributed by atoms with Crippen molar-refractivity contribution in [2.45, 2.75) is 57.1 Å². The minimum absolute atomic E-state index is 0.0330. The van der Waals surface area contributed by atoms with E-state index in [9.17, 15) is 5.11 Å². The van der Waals surface area contributed by atoms with E-state index in [0.717, 1.165) is 6.04 Å². The number of fused-ring (bicyclic) bond motifs is 2. The summed E-state index contributed by atoms with van der Waals surface area (Å²) in [6.07, 6.45) is 9.41. The average molecular weight is 209 g/mol. The predicted octanol–water partition coefficient (Wildman–Crippen LogP) is 2.02. The van der Waals surface area contributed by atoms with E-state index in [0.29, 0.717) is 11.8 Å². The molecule has 2 nitrogen and oxygen atoms in total. The van der Waals surface area contributed by atoms with Gasteiger partial charge in [-0.05, 0) is 57.5 Å². The number of aliphatic hydroxyl groups is 1. The highest BCUT2D eigenvalue weighted by atomic mass is 16.3. The highest BCUT2D eigenvalue weighted by Crippen LogP contribution is 2.44. The SMILES string of the molecule is O[C@H]1[C@H]2CC[C@@H]1[C@@H](N1CCCCC1)CC2. The molecule has 1 heterocycles. The molecule has 2 aliphatic carbocycles. The van der Waals surface area contributed by atoms with E-state index in [1.807, 2.05) is 0 Å². The number of aliphatic hydroxyl groups excluding tert-OH is 1. The fraction of sp³-hybridized carbons (Fsp3) is 1.00. The van der Waals surface area contributed by atoms with Gasteiger partial charge in [-0.1, -0.05) is 6.42 Å². The third-order valence-corrected chi connectivity index (χ3v) is 4.98. The van der Waals surface area contributed by atoms with Crippen LogP contribution in [0.25, 0.3) is 0 Å². The summed E-state index contributed by atoms with van der Waals surface area (Å²) in [4.78, 5) is 2.68. The zero-order chi connectivity index (χ0) is 10.3. The number of hydrogen-bond donors (Lipinski definition) is 1. The van der Waals surface area contributed by atoms with Crippen molar-refractivity contribution in [3.8, 4) is 0 Å². The predicted molar refractivity (Wildman–Crippen MR) is 60.7 cm³/mol. The molecular weight excluding hydrogens is 186 g/mol. The Morgan fingerprint density at radius 3 is 2.40 bits per heavy atom. The molecule has 1 saturated heterocycles. The lowest BCUT2D eigenvalue weighted by molar-refractivity contribution is -0.00651. The topological polar surface area (TPSA) is 23.5 Å². The second kappa shape index (κ2) is 4.06. The van der Waals surface area contributed by atoms with Crippen LogP contribution in [0.4, 0.5) is 0 Å². The van der Waals surface area contributed by atoms with Crippen LogP contribution in [-0.4, -0.2) is 35.2 Å². The molecule has 86 valence electrons. The van der Waals surface area contributed by atoms with Crippen molar-refractivity contribution < 1.29 is 5.11 Å². The van der Waals surface area contributed by atoms with Crippen molar-refractivity contribution in [2.75, 3.05) is 13.1 Å². The zero-order valence-corrected chi connectivity index (χ0v) is 9.57. The van der Waals surface area contributed by atoms with E-state index in [1.54, 1.807) is 0 Å². The first-order valence-electron chi connectivity index (χ1n) is 6.78. The van der Waals surface area contributed by atoms with Crippen LogP contribution in [0.2, 0.25) is 0 Å². The quantitative estimate of drug-likeness (QED) is 0.714. The fourth-order valence-corrected chi connectivity index (χ4v) is 4.14. The average Bonchev–Trinajstić information content (AvgIpc) is 2.54. The van der Waals surface area contributed by atoms with Crippen molar-refractivity contribution in [2.24, 2.45) is 11.8 Å². The first-order chi connectivity index (χ1) is 7.36. The Morgan fingerprint density at radius 2 is 1.60 bits per heavy atom. The van der Waals surface area contributed by atoms with E-state index in [2.05, 4.69) is 4.90 Å². The van der Waals surface area contributed by atoms with Crippen LogP contribution >= 0.6 is 0 Å². The third kappa shape index (κ3) is 1.72. The van der Waals surface area contributed by atoms with Crippen molar-refractivity contribution >= 4 is 0 Å². The maximum Gasteiger partial charge on any atom is 0.0611 e. The first kappa shape index (κ1) is 10.1. The van der Waals surface area contributed by atoms with Crippen LogP contribution in [-0.2, 0) is 0 Å². The maximum absolute atomic E-state index is 10.2. The Kier molecular flexibility index (Phi) is 2.73. The van der Waals surface area contributed by atoms with Crippen LogP contribution in [0.3, 0.4) is 0 Å². The largest absolute Gasteiger partial charge is 0.392 e. The molecule has 2 bridgehead atoms. The molecule has 4 atom stereocenters. The molecule has 3 fully saturated rings. The lowest BCUT2D eigenvalue weighted by atomic mass is 9.81. The smallest absolute Gasteiger partial charge is 0.0611 e. The molecule has 2 heteroatoms. The third-order valence-electron chi connectivity index (χ3n) is 4.98. The normalized spacial score (nSPS) is 47.0. The monoisotopic (exact) mass is 209 g/mol. The summed E-state index contributed by atoms with van der Waals surface area (Å²) in [5.74, 6) is 1.26. The number of piperidine rings is 1. The summed E-state index contributed by atoms with van der Waals surface area (Å²) in [6.45, 7) is 2.58. The van der Waals surface area contributed by atoms with Gasteiger partial charge in [0.05, 0.1) is 6.10 Å². The molecule has 0 aromatic heterocycles. The lowest BCUT2D eigenvalue weighted by Gasteiger charge is -2.42. The minimum atomic E-state index is 0.0330. The van der Waals surface area contributed by atoms with Crippen LogP contribution in [0.15, 0.2) is 0 Å². The van der Waals surface area contributed by atoms with Crippen LogP contribution in [0, 0.1) is 11.8 Å². The summed E-state index contributed by atoms with van der Waals surface area (Å²) in [7, 11) is 0. The summed E-state index contributed by atoms with van der Waals surface area (Å²) >= 11 is 0.